The van der Waals surface area contributed by atoms with E-state index in [2.05, 4.69) is 4.74 Å². The van der Waals surface area contributed by atoms with E-state index in [4.69, 9.17) is 5.26 Å². The zero-order chi connectivity index (χ0) is 12.8. The number of methoxy groups -OCH3 is 1. The van der Waals surface area contributed by atoms with Crippen molar-refractivity contribution in [3.05, 3.63) is 41.0 Å². The van der Waals surface area contributed by atoms with E-state index < -0.39 is 11.8 Å². The highest BCUT2D eigenvalue weighted by Gasteiger charge is 2.15. The van der Waals surface area contributed by atoms with Crippen LogP contribution in [0.4, 0.5) is 0 Å². The fourth-order valence-electron chi connectivity index (χ4n) is 1.29. The van der Waals surface area contributed by atoms with Crippen molar-refractivity contribution in [3.8, 4) is 6.07 Å². The van der Waals surface area contributed by atoms with Gasteiger partial charge in [-0.3, -0.25) is 4.79 Å². The number of benzene rings is 1. The van der Waals surface area contributed by atoms with Gasteiger partial charge in [0, 0.05) is 0 Å². The molecule has 0 bridgehead atoms. The summed E-state index contributed by atoms with van der Waals surface area (Å²) in [5, 5.41) is 8.89. The van der Waals surface area contributed by atoms with Gasteiger partial charge in [0.05, 0.1) is 18.7 Å². The molecule has 0 atom stereocenters. The predicted molar refractivity (Wildman–Crippen MR) is 61.8 cm³/mol. The van der Waals surface area contributed by atoms with Crippen LogP contribution >= 0.6 is 0 Å². The Labute approximate surface area is 99.1 Å². The van der Waals surface area contributed by atoms with Gasteiger partial charge in [-0.15, -0.1) is 0 Å². The van der Waals surface area contributed by atoms with Gasteiger partial charge in [0.1, 0.15) is 5.57 Å². The zero-order valence-electron chi connectivity index (χ0n) is 9.56. The Morgan fingerprint density at radius 3 is 2.53 bits per heavy atom. The minimum atomic E-state index is -0.703. The second kappa shape index (κ2) is 5.61. The number of Topliss-reactive ketones (excluding diaryl/α,β-unsaturated/α-hetero) is 1. The van der Waals surface area contributed by atoms with E-state index in [0.29, 0.717) is 11.1 Å². The average Bonchev–Trinajstić information content (AvgIpc) is 2.35. The monoisotopic (exact) mass is 229 g/mol. The first-order chi connectivity index (χ1) is 8.10. The lowest BCUT2D eigenvalue weighted by Gasteiger charge is -2.02. The normalized spacial score (nSPS) is 10.5. The number of rotatable bonds is 3. The van der Waals surface area contributed by atoms with Crippen LogP contribution < -0.4 is 0 Å². The molecular formula is C13H11NO3. The van der Waals surface area contributed by atoms with Crippen LogP contribution in [0.5, 0.6) is 0 Å². The lowest BCUT2D eigenvalue weighted by molar-refractivity contribution is -0.137. The van der Waals surface area contributed by atoms with Crippen molar-refractivity contribution in [2.45, 2.75) is 6.92 Å². The van der Waals surface area contributed by atoms with Crippen LogP contribution in [0.2, 0.25) is 0 Å². The van der Waals surface area contributed by atoms with E-state index in [1.165, 1.54) is 20.1 Å². The molecular weight excluding hydrogens is 218 g/mol. The van der Waals surface area contributed by atoms with Gasteiger partial charge in [-0.25, -0.2) is 4.79 Å². The molecule has 0 amide bonds. The zero-order valence-corrected chi connectivity index (χ0v) is 9.56. The lowest BCUT2D eigenvalue weighted by Crippen LogP contribution is -2.11. The number of ketones is 1. The predicted octanol–water partition coefficient (Wildman–Crippen LogP) is 1.70. The number of nitriles is 1. The maximum Gasteiger partial charge on any atom is 0.341 e. The maximum atomic E-state index is 11.4. The summed E-state index contributed by atoms with van der Waals surface area (Å²) in [7, 11) is 1.20. The Balaban J connectivity index is 3.28. The standard InChI is InChI=1S/C13H11NO3/c1-9(15)12(13(16)17-2)7-10-5-3-4-6-11(10)8-14/h3-7H,1-2H3/b12-7+. The summed E-state index contributed by atoms with van der Waals surface area (Å²) in [4.78, 5) is 22.7. The molecule has 0 N–H and O–H groups in total. The second-order valence-corrected chi connectivity index (χ2v) is 3.30. The molecule has 0 unspecified atom stereocenters. The number of carbonyl (C=O) groups is 2. The Kier molecular flexibility index (Phi) is 4.18. The Bertz CT molecular complexity index is 524. The van der Waals surface area contributed by atoms with E-state index in [1.807, 2.05) is 6.07 Å². The summed E-state index contributed by atoms with van der Waals surface area (Å²) in [5.41, 5.74) is 0.843. The molecule has 1 rings (SSSR count). The summed E-state index contributed by atoms with van der Waals surface area (Å²) >= 11 is 0. The van der Waals surface area contributed by atoms with E-state index in [0.717, 1.165) is 0 Å². The van der Waals surface area contributed by atoms with Crippen molar-refractivity contribution in [2.24, 2.45) is 0 Å². The SMILES string of the molecule is COC(=O)/C(=C/c1ccccc1C#N)C(C)=O. The topological polar surface area (TPSA) is 67.2 Å². The third-order valence-corrected chi connectivity index (χ3v) is 2.17. The van der Waals surface area contributed by atoms with Crippen molar-refractivity contribution in [2.75, 3.05) is 7.11 Å². The smallest absolute Gasteiger partial charge is 0.341 e. The first kappa shape index (κ1) is 12.7. The van der Waals surface area contributed by atoms with E-state index >= 15 is 0 Å². The molecule has 0 spiro atoms. The Morgan fingerprint density at radius 2 is 2.00 bits per heavy atom. The third-order valence-electron chi connectivity index (χ3n) is 2.17. The molecule has 4 nitrogen and oxygen atoms in total. The molecule has 0 saturated heterocycles. The summed E-state index contributed by atoms with van der Waals surface area (Å²) < 4.78 is 4.51. The van der Waals surface area contributed by atoms with Crippen LogP contribution in [0.1, 0.15) is 18.1 Å². The average molecular weight is 229 g/mol. The number of hydrogen-bond donors (Lipinski definition) is 0. The van der Waals surface area contributed by atoms with E-state index in [9.17, 15) is 9.59 Å². The van der Waals surface area contributed by atoms with Gasteiger partial charge in [0.25, 0.3) is 0 Å². The molecule has 0 heterocycles. The van der Waals surface area contributed by atoms with Gasteiger partial charge in [-0.2, -0.15) is 5.26 Å². The largest absolute Gasteiger partial charge is 0.465 e. The number of esters is 1. The minimum absolute atomic E-state index is 0.0739. The lowest BCUT2D eigenvalue weighted by atomic mass is 10.0. The van der Waals surface area contributed by atoms with Gasteiger partial charge in [-0.05, 0) is 24.6 Å². The van der Waals surface area contributed by atoms with Crippen LogP contribution in [0.15, 0.2) is 29.8 Å². The summed E-state index contributed by atoms with van der Waals surface area (Å²) in [6.45, 7) is 1.28. The van der Waals surface area contributed by atoms with Crippen LogP contribution in [-0.2, 0) is 14.3 Å². The van der Waals surface area contributed by atoms with E-state index in [-0.39, 0.29) is 5.57 Å². The van der Waals surface area contributed by atoms with Crippen LogP contribution in [-0.4, -0.2) is 18.9 Å². The van der Waals surface area contributed by atoms with Crippen molar-refractivity contribution in [1.82, 2.24) is 0 Å². The Morgan fingerprint density at radius 1 is 1.35 bits per heavy atom. The van der Waals surface area contributed by atoms with Gasteiger partial charge in [0.2, 0.25) is 0 Å². The van der Waals surface area contributed by atoms with Crippen LogP contribution in [0.3, 0.4) is 0 Å². The number of ether oxygens (including phenoxy) is 1. The molecule has 0 aromatic heterocycles. The van der Waals surface area contributed by atoms with Crippen LogP contribution in [0, 0.1) is 11.3 Å². The molecule has 0 radical (unpaired) electrons. The molecule has 0 aliphatic rings. The maximum absolute atomic E-state index is 11.4. The number of hydrogen-bond acceptors (Lipinski definition) is 4. The molecule has 0 aliphatic carbocycles. The highest BCUT2D eigenvalue weighted by molar-refractivity contribution is 6.19. The highest BCUT2D eigenvalue weighted by Crippen LogP contribution is 2.13. The molecule has 0 aliphatic heterocycles. The summed E-state index contributed by atoms with van der Waals surface area (Å²) in [6, 6.07) is 8.69. The molecule has 86 valence electrons. The molecule has 1 aromatic carbocycles. The third kappa shape index (κ3) is 3.02. The van der Waals surface area contributed by atoms with Gasteiger partial charge >= 0.3 is 5.97 Å². The summed E-state index contributed by atoms with van der Waals surface area (Å²) in [6.07, 6.45) is 1.37. The fraction of sp³-hybridized carbons (Fsp3) is 0.154. The van der Waals surface area contributed by atoms with Gasteiger partial charge < -0.3 is 4.74 Å². The Hall–Kier alpha value is -2.41. The van der Waals surface area contributed by atoms with Crippen molar-refractivity contribution < 1.29 is 14.3 Å². The van der Waals surface area contributed by atoms with Crippen LogP contribution in [0.25, 0.3) is 6.08 Å². The first-order valence-corrected chi connectivity index (χ1v) is 4.90. The molecule has 0 saturated carbocycles. The fourth-order valence-corrected chi connectivity index (χ4v) is 1.29. The molecule has 17 heavy (non-hydrogen) atoms. The van der Waals surface area contributed by atoms with E-state index in [1.54, 1.807) is 24.3 Å². The second-order valence-electron chi connectivity index (χ2n) is 3.30. The molecule has 1 aromatic rings. The number of nitrogens with zero attached hydrogens (tertiary/aromatic N) is 1. The quantitative estimate of drug-likeness (QED) is 0.342. The van der Waals surface area contributed by atoms with Crippen molar-refractivity contribution in [1.29, 1.82) is 5.26 Å². The van der Waals surface area contributed by atoms with Crippen molar-refractivity contribution >= 4 is 17.8 Å². The van der Waals surface area contributed by atoms with Gasteiger partial charge in [-0.1, -0.05) is 18.2 Å². The van der Waals surface area contributed by atoms with Crippen molar-refractivity contribution in [3.63, 3.8) is 0 Å². The minimum Gasteiger partial charge on any atom is -0.465 e. The van der Waals surface area contributed by atoms with Gasteiger partial charge in [0.15, 0.2) is 5.78 Å². The molecule has 0 fully saturated rings. The number of carbonyl (C=O) groups excluding carboxylic acids is 2. The first-order valence-electron chi connectivity index (χ1n) is 4.90. The summed E-state index contributed by atoms with van der Waals surface area (Å²) in [5.74, 6) is -1.10. The highest BCUT2D eigenvalue weighted by atomic mass is 16.5. The molecule has 4 heteroatoms.